The van der Waals surface area contributed by atoms with Crippen LogP contribution in [-0.2, 0) is 21.2 Å². The van der Waals surface area contributed by atoms with Crippen molar-refractivity contribution in [3.8, 4) is 17.2 Å². The molecule has 1 aliphatic heterocycles. The predicted molar refractivity (Wildman–Crippen MR) is 138 cm³/mol. The minimum absolute atomic E-state index is 0. The van der Waals surface area contributed by atoms with Crippen LogP contribution in [0.4, 0.5) is 0 Å². The number of sulfonamides is 1. The third-order valence-electron chi connectivity index (χ3n) is 6.02. The van der Waals surface area contributed by atoms with E-state index >= 15 is 0 Å². The first kappa shape index (κ1) is 29.7. The molecule has 1 aliphatic rings. The number of amides is 1. The van der Waals surface area contributed by atoms with Crippen LogP contribution < -0.4 is 70.3 Å². The van der Waals surface area contributed by atoms with Crippen LogP contribution in [0.3, 0.4) is 0 Å². The molecule has 3 aromatic rings. The van der Waals surface area contributed by atoms with Crippen molar-refractivity contribution >= 4 is 15.9 Å². The fourth-order valence-electron chi connectivity index (χ4n) is 4.00. The second-order valence-corrected chi connectivity index (χ2v) is 10.7. The van der Waals surface area contributed by atoms with Gasteiger partial charge in [-0.15, -0.1) is 0 Å². The number of carbonyl (C=O) groups excluding carboxylic acids is 1. The molecule has 0 saturated heterocycles. The molecule has 0 fully saturated rings. The summed E-state index contributed by atoms with van der Waals surface area (Å²) in [5.41, 5.74) is 2.49. The molecule has 1 N–H and O–H groups in total. The van der Waals surface area contributed by atoms with E-state index in [-0.39, 0.29) is 76.8 Å². The number of nitrogens with one attached hydrogen (secondary N) is 1. The van der Waals surface area contributed by atoms with E-state index in [2.05, 4.69) is 4.72 Å². The van der Waals surface area contributed by atoms with E-state index in [9.17, 15) is 13.2 Å². The first-order chi connectivity index (χ1) is 17.3. The summed E-state index contributed by atoms with van der Waals surface area (Å²) in [6.07, 6.45) is 1.15. The minimum Gasteiger partial charge on any atom is -1.00 e. The number of fused-ring (bicyclic) bond motifs is 1. The number of hydrogen-bond donors (Lipinski definition) is 1. The average molecular weight is 550 g/mol. The monoisotopic (exact) mass is 549 g/mol. The van der Waals surface area contributed by atoms with Crippen LogP contribution in [0, 0.1) is 0 Å². The molecule has 0 aliphatic carbocycles. The first-order valence-electron chi connectivity index (χ1n) is 12.0. The fraction of sp³-hybridized carbons (Fsp3) is 0.321. The molecule has 1 amide bonds. The zero-order valence-corrected chi connectivity index (χ0v) is 25.6. The van der Waals surface area contributed by atoms with Gasteiger partial charge < -0.3 is 15.6 Å². The van der Waals surface area contributed by atoms with Crippen molar-refractivity contribution in [2.45, 2.75) is 50.3 Å². The topological polar surface area (TPSA) is 90.9 Å². The van der Waals surface area contributed by atoms with Gasteiger partial charge in [0.2, 0.25) is 12.7 Å². The number of ether oxygens (including phenoxy) is 3. The molecule has 7 nitrogen and oxygen atoms in total. The second-order valence-electron chi connectivity index (χ2n) is 9.06. The average Bonchev–Trinajstić information content (AvgIpc) is 3.34. The number of hydrogen-bond acceptors (Lipinski definition) is 6. The molecule has 1 atom stereocenters. The fourth-order valence-corrected chi connectivity index (χ4v) is 5.02. The van der Waals surface area contributed by atoms with Crippen LogP contribution >= 0.6 is 0 Å². The van der Waals surface area contributed by atoms with E-state index in [1.807, 2.05) is 45.0 Å². The predicted octanol–water partition coefficient (Wildman–Crippen LogP) is 2.28. The van der Waals surface area contributed by atoms with E-state index in [0.29, 0.717) is 29.4 Å². The zero-order chi connectivity index (χ0) is 25.7. The Kier molecular flexibility index (Phi) is 10.6. The van der Waals surface area contributed by atoms with Crippen LogP contribution in [-0.4, -0.2) is 27.7 Å². The molecule has 0 bridgehead atoms. The Morgan fingerprint density at radius 3 is 2.41 bits per heavy atom. The summed E-state index contributed by atoms with van der Waals surface area (Å²) in [7, 11) is -4.06. The van der Waals surface area contributed by atoms with Crippen molar-refractivity contribution in [3.05, 3.63) is 83.4 Å². The van der Waals surface area contributed by atoms with Crippen molar-refractivity contribution in [3.63, 3.8) is 0 Å². The molecule has 1 heterocycles. The molecule has 4 rings (SSSR count). The summed E-state index contributed by atoms with van der Waals surface area (Å²) in [5, 5.41) is 0. The summed E-state index contributed by atoms with van der Waals surface area (Å²) in [4.78, 5) is 13.5. The van der Waals surface area contributed by atoms with E-state index in [1.54, 1.807) is 30.3 Å². The molecule has 9 heteroatoms. The SMILES string of the molecule is CCCOc1cccc(CC(C(=O)NS(=O)(=O)c2ccc(C(C)C)cc2)c2ccc3c(c2)OCO3)c1.[H-].[K+]. The molecule has 0 radical (unpaired) electrons. The summed E-state index contributed by atoms with van der Waals surface area (Å²) >= 11 is 0. The van der Waals surface area contributed by atoms with Gasteiger partial charge >= 0.3 is 51.4 Å². The number of rotatable bonds is 10. The maximum absolute atomic E-state index is 13.5. The van der Waals surface area contributed by atoms with Gasteiger partial charge in [0.1, 0.15) is 5.75 Å². The molecule has 0 aromatic heterocycles. The smallest absolute Gasteiger partial charge is 1.00 e. The number of benzene rings is 3. The van der Waals surface area contributed by atoms with Crippen molar-refractivity contribution in [2.24, 2.45) is 0 Å². The molecule has 3 aromatic carbocycles. The van der Waals surface area contributed by atoms with Gasteiger partial charge in [-0.05, 0) is 71.8 Å². The molecule has 1 unspecified atom stereocenters. The standard InChI is InChI=1S/C28H31NO6S.K.H/c1-4-14-33-23-7-5-6-20(15-23)16-25(22-10-13-26-27(17-22)35-18-34-26)28(30)29-36(31,32)24-11-8-21(9-12-24)19(2)3;;/h5-13,15,17,19,25H,4,14,16,18H2,1-3H3,(H,29,30);;/q;+1;-1. The maximum Gasteiger partial charge on any atom is 1.00 e. The van der Waals surface area contributed by atoms with Crippen LogP contribution in [0.2, 0.25) is 0 Å². The Morgan fingerprint density at radius 1 is 1.00 bits per heavy atom. The molecule has 0 saturated carbocycles. The molecule has 0 spiro atoms. The van der Waals surface area contributed by atoms with Crippen LogP contribution in [0.1, 0.15) is 57.1 Å². The summed E-state index contributed by atoms with van der Waals surface area (Å²) < 4.78 is 45.1. The van der Waals surface area contributed by atoms with E-state index < -0.39 is 21.8 Å². The molecule has 37 heavy (non-hydrogen) atoms. The Balaban J connectivity index is 0.00000253. The van der Waals surface area contributed by atoms with E-state index in [1.165, 1.54) is 12.1 Å². The van der Waals surface area contributed by atoms with Crippen molar-refractivity contribution < 1.29 is 80.2 Å². The van der Waals surface area contributed by atoms with Gasteiger partial charge in [-0.25, -0.2) is 13.1 Å². The first-order valence-corrected chi connectivity index (χ1v) is 13.5. The van der Waals surface area contributed by atoms with Gasteiger partial charge in [0, 0.05) is 0 Å². The van der Waals surface area contributed by atoms with Gasteiger partial charge in [-0.3, -0.25) is 4.79 Å². The van der Waals surface area contributed by atoms with Crippen LogP contribution in [0.15, 0.2) is 71.6 Å². The zero-order valence-electron chi connectivity index (χ0n) is 22.7. The van der Waals surface area contributed by atoms with Gasteiger partial charge in [0.15, 0.2) is 11.5 Å². The van der Waals surface area contributed by atoms with Gasteiger partial charge in [-0.1, -0.05) is 51.1 Å². The van der Waals surface area contributed by atoms with Crippen molar-refractivity contribution in [1.82, 2.24) is 4.72 Å². The maximum atomic E-state index is 13.5. The van der Waals surface area contributed by atoms with Crippen molar-refractivity contribution in [2.75, 3.05) is 13.4 Å². The summed E-state index contributed by atoms with van der Waals surface area (Å²) in [5.74, 6) is 0.677. The third kappa shape index (κ3) is 7.58. The normalized spacial score (nSPS) is 13.1. The largest absolute Gasteiger partial charge is 1.00 e. The Labute approximate surface area is 262 Å². The Bertz CT molecular complexity index is 1330. The van der Waals surface area contributed by atoms with Crippen molar-refractivity contribution in [1.29, 1.82) is 0 Å². The van der Waals surface area contributed by atoms with E-state index in [0.717, 1.165) is 17.5 Å². The van der Waals surface area contributed by atoms with Crippen LogP contribution in [0.25, 0.3) is 0 Å². The quantitative estimate of drug-likeness (QED) is 0.390. The van der Waals surface area contributed by atoms with Crippen LogP contribution in [0.5, 0.6) is 17.2 Å². The Hall–Kier alpha value is -1.88. The second kappa shape index (κ2) is 13.3. The molecular weight excluding hydrogens is 517 g/mol. The molecular formula is C28H32KNO6S. The van der Waals surface area contributed by atoms with Gasteiger partial charge in [0.05, 0.1) is 17.4 Å². The van der Waals surface area contributed by atoms with Gasteiger partial charge in [-0.2, -0.15) is 0 Å². The summed E-state index contributed by atoms with van der Waals surface area (Å²) in [6.45, 7) is 6.78. The summed E-state index contributed by atoms with van der Waals surface area (Å²) in [6, 6.07) is 19.3. The molecule has 192 valence electrons. The van der Waals surface area contributed by atoms with E-state index in [4.69, 9.17) is 14.2 Å². The minimum atomic E-state index is -4.06. The van der Waals surface area contributed by atoms with Gasteiger partial charge in [0.25, 0.3) is 10.0 Å². The third-order valence-corrected chi connectivity index (χ3v) is 7.38. The Morgan fingerprint density at radius 2 is 1.70 bits per heavy atom. The number of carbonyl (C=O) groups is 1.